The number of benzene rings is 2. The number of amides is 2. The van der Waals surface area contributed by atoms with Gasteiger partial charge in [0.1, 0.15) is 17.6 Å². The first-order valence-corrected chi connectivity index (χ1v) is 15.6. The fraction of sp³-hybridized carbons (Fsp3) is 0.457. The number of para-hydroxylation sites is 1. The summed E-state index contributed by atoms with van der Waals surface area (Å²) >= 11 is 0. The van der Waals surface area contributed by atoms with Crippen LogP contribution in [0, 0.1) is 6.92 Å². The maximum atomic E-state index is 13.3. The minimum absolute atomic E-state index is 0.0892. The van der Waals surface area contributed by atoms with Gasteiger partial charge in [0.05, 0.1) is 19.2 Å². The molecule has 226 valence electrons. The first-order valence-electron chi connectivity index (χ1n) is 15.6. The zero-order valence-electron chi connectivity index (χ0n) is 25.3. The third-order valence-corrected chi connectivity index (χ3v) is 9.24. The molecule has 0 spiro atoms. The number of pyridine rings is 1. The molecule has 6 rings (SSSR count). The standard InChI is InChI=1S/C35H42N4O4/c1-25-6-5-17-36-31(25)24-37-18-15-29(16-19-37)43-30-11-9-27(33(23-30)42-2)22-35(41)38-20-13-28(14-21-38)39-32-8-4-3-7-26(32)10-12-34(39)40/h3-9,11,17,23,28-29H,10,12-16,18-22,24H2,1-2H3. The summed E-state index contributed by atoms with van der Waals surface area (Å²) in [4.78, 5) is 37.1. The molecule has 0 aliphatic carbocycles. The number of ether oxygens (including phenoxy) is 2. The average Bonchev–Trinajstić information content (AvgIpc) is 3.04. The normalized spacial score (nSPS) is 18.4. The molecule has 43 heavy (non-hydrogen) atoms. The van der Waals surface area contributed by atoms with E-state index in [2.05, 4.69) is 35.0 Å². The molecule has 8 nitrogen and oxygen atoms in total. The second-order valence-electron chi connectivity index (χ2n) is 12.0. The van der Waals surface area contributed by atoms with Crippen LogP contribution in [-0.2, 0) is 29.0 Å². The van der Waals surface area contributed by atoms with Gasteiger partial charge < -0.3 is 19.3 Å². The molecule has 2 fully saturated rings. The number of nitrogens with zero attached hydrogens (tertiary/aromatic N) is 4. The Labute approximate surface area is 254 Å². The summed E-state index contributed by atoms with van der Waals surface area (Å²) in [6.07, 6.45) is 7.15. The first-order chi connectivity index (χ1) is 21.0. The molecule has 0 N–H and O–H groups in total. The molecule has 2 aromatic carbocycles. The quantitative estimate of drug-likeness (QED) is 0.374. The minimum Gasteiger partial charge on any atom is -0.496 e. The molecule has 4 heterocycles. The highest BCUT2D eigenvalue weighted by molar-refractivity contribution is 5.97. The summed E-state index contributed by atoms with van der Waals surface area (Å²) < 4.78 is 12.0. The molecule has 0 bridgehead atoms. The van der Waals surface area contributed by atoms with Crippen LogP contribution < -0.4 is 14.4 Å². The predicted molar refractivity (Wildman–Crippen MR) is 166 cm³/mol. The van der Waals surface area contributed by atoms with E-state index >= 15 is 0 Å². The molecule has 2 amide bonds. The van der Waals surface area contributed by atoms with Crippen molar-refractivity contribution in [2.45, 2.75) is 70.6 Å². The lowest BCUT2D eigenvalue weighted by Gasteiger charge is -2.41. The van der Waals surface area contributed by atoms with Crippen LogP contribution in [0.4, 0.5) is 5.69 Å². The maximum absolute atomic E-state index is 13.3. The molecule has 0 unspecified atom stereocenters. The van der Waals surface area contributed by atoms with Crippen molar-refractivity contribution in [3.8, 4) is 11.5 Å². The van der Waals surface area contributed by atoms with Crippen molar-refractivity contribution in [2.24, 2.45) is 0 Å². The summed E-state index contributed by atoms with van der Waals surface area (Å²) in [6.45, 7) is 6.23. The van der Waals surface area contributed by atoms with Crippen LogP contribution in [0.3, 0.4) is 0 Å². The molecule has 8 heteroatoms. The van der Waals surface area contributed by atoms with Crippen LogP contribution in [0.1, 0.15) is 54.5 Å². The largest absolute Gasteiger partial charge is 0.496 e. The molecule has 3 aromatic rings. The van der Waals surface area contributed by atoms with Crippen molar-refractivity contribution < 1.29 is 19.1 Å². The van der Waals surface area contributed by atoms with Crippen LogP contribution >= 0.6 is 0 Å². The molecule has 2 saturated heterocycles. The van der Waals surface area contributed by atoms with E-state index in [0.717, 1.165) is 74.4 Å². The van der Waals surface area contributed by atoms with Gasteiger partial charge in [-0.05, 0) is 68.4 Å². The van der Waals surface area contributed by atoms with E-state index < -0.39 is 0 Å². The Morgan fingerprint density at radius 1 is 0.953 bits per heavy atom. The summed E-state index contributed by atoms with van der Waals surface area (Å²) in [6, 6.07) is 18.3. The number of aryl methyl sites for hydroxylation is 2. The van der Waals surface area contributed by atoms with Crippen LogP contribution in [-0.4, -0.2) is 72.0 Å². The van der Waals surface area contributed by atoms with Gasteiger partial charge in [0.2, 0.25) is 11.8 Å². The number of aromatic nitrogens is 1. The van der Waals surface area contributed by atoms with Gasteiger partial charge in [-0.3, -0.25) is 19.5 Å². The Hall–Kier alpha value is -3.91. The number of hydrogen-bond donors (Lipinski definition) is 0. The minimum atomic E-state index is 0.0892. The highest BCUT2D eigenvalue weighted by atomic mass is 16.5. The Morgan fingerprint density at radius 2 is 1.74 bits per heavy atom. The molecule has 0 radical (unpaired) electrons. The lowest BCUT2D eigenvalue weighted by atomic mass is 9.95. The number of rotatable bonds is 8. The van der Waals surface area contributed by atoms with E-state index in [0.29, 0.717) is 25.3 Å². The van der Waals surface area contributed by atoms with Gasteiger partial charge in [-0.15, -0.1) is 0 Å². The van der Waals surface area contributed by atoms with Gasteiger partial charge in [0, 0.05) is 68.7 Å². The zero-order chi connectivity index (χ0) is 29.8. The summed E-state index contributed by atoms with van der Waals surface area (Å²) in [5.41, 5.74) is 5.52. The number of carbonyl (C=O) groups excluding carboxylic acids is 2. The highest BCUT2D eigenvalue weighted by Crippen LogP contribution is 2.33. The Bertz CT molecular complexity index is 1440. The van der Waals surface area contributed by atoms with Crippen LogP contribution in [0.25, 0.3) is 0 Å². The van der Waals surface area contributed by atoms with Crippen LogP contribution in [0.15, 0.2) is 60.8 Å². The number of likely N-dealkylation sites (tertiary alicyclic amines) is 2. The molecular weight excluding hydrogens is 540 g/mol. The van der Waals surface area contributed by atoms with Crippen molar-refractivity contribution in [2.75, 3.05) is 38.2 Å². The number of hydrogen-bond acceptors (Lipinski definition) is 6. The highest BCUT2D eigenvalue weighted by Gasteiger charge is 2.33. The molecule has 0 saturated carbocycles. The average molecular weight is 583 g/mol. The van der Waals surface area contributed by atoms with Gasteiger partial charge in [-0.2, -0.15) is 0 Å². The van der Waals surface area contributed by atoms with Gasteiger partial charge in [-0.25, -0.2) is 0 Å². The number of anilines is 1. The fourth-order valence-corrected chi connectivity index (χ4v) is 6.72. The zero-order valence-corrected chi connectivity index (χ0v) is 25.3. The SMILES string of the molecule is COc1cc(OC2CCN(Cc3ncccc3C)CC2)ccc1CC(=O)N1CCC(N2C(=O)CCc3ccccc32)CC1. The van der Waals surface area contributed by atoms with Crippen molar-refractivity contribution in [3.63, 3.8) is 0 Å². The Kier molecular flexibility index (Phi) is 8.93. The number of methoxy groups -OCH3 is 1. The first kappa shape index (κ1) is 29.2. The predicted octanol–water partition coefficient (Wildman–Crippen LogP) is 4.95. The summed E-state index contributed by atoms with van der Waals surface area (Å²) in [5, 5.41) is 0. The summed E-state index contributed by atoms with van der Waals surface area (Å²) in [7, 11) is 1.64. The van der Waals surface area contributed by atoms with E-state index in [1.807, 2.05) is 52.4 Å². The van der Waals surface area contributed by atoms with Gasteiger partial charge >= 0.3 is 0 Å². The van der Waals surface area contributed by atoms with E-state index in [9.17, 15) is 9.59 Å². The third kappa shape index (κ3) is 6.69. The Balaban J connectivity index is 1.00. The third-order valence-electron chi connectivity index (χ3n) is 9.24. The van der Waals surface area contributed by atoms with E-state index in [4.69, 9.17) is 9.47 Å². The lowest BCUT2D eigenvalue weighted by molar-refractivity contribution is -0.131. The molecule has 3 aliphatic heterocycles. The smallest absolute Gasteiger partial charge is 0.227 e. The molecule has 3 aliphatic rings. The van der Waals surface area contributed by atoms with Crippen LogP contribution in [0.2, 0.25) is 0 Å². The number of carbonyl (C=O) groups is 2. The number of piperidine rings is 2. The van der Waals surface area contributed by atoms with E-state index in [-0.39, 0.29) is 30.4 Å². The maximum Gasteiger partial charge on any atom is 0.227 e. The molecule has 0 atom stereocenters. The van der Waals surface area contributed by atoms with Gasteiger partial charge in [-0.1, -0.05) is 30.3 Å². The van der Waals surface area contributed by atoms with Crippen molar-refractivity contribution in [1.82, 2.24) is 14.8 Å². The van der Waals surface area contributed by atoms with Crippen molar-refractivity contribution >= 4 is 17.5 Å². The molecular formula is C35H42N4O4. The van der Waals surface area contributed by atoms with E-state index in [1.165, 1.54) is 11.1 Å². The Morgan fingerprint density at radius 3 is 2.51 bits per heavy atom. The number of fused-ring (bicyclic) bond motifs is 1. The van der Waals surface area contributed by atoms with E-state index in [1.54, 1.807) is 7.11 Å². The second kappa shape index (κ2) is 13.2. The summed E-state index contributed by atoms with van der Waals surface area (Å²) in [5.74, 6) is 1.74. The van der Waals surface area contributed by atoms with Gasteiger partial charge in [0.15, 0.2) is 0 Å². The van der Waals surface area contributed by atoms with Crippen LogP contribution in [0.5, 0.6) is 11.5 Å². The second-order valence-corrected chi connectivity index (χ2v) is 12.0. The van der Waals surface area contributed by atoms with Gasteiger partial charge in [0.25, 0.3) is 0 Å². The fourth-order valence-electron chi connectivity index (χ4n) is 6.72. The monoisotopic (exact) mass is 582 g/mol. The lowest BCUT2D eigenvalue weighted by Crippen LogP contribution is -2.50. The van der Waals surface area contributed by atoms with Crippen molar-refractivity contribution in [3.05, 3.63) is 83.2 Å². The topological polar surface area (TPSA) is 75.2 Å². The molecule has 1 aromatic heterocycles. The van der Waals surface area contributed by atoms with Crippen molar-refractivity contribution in [1.29, 1.82) is 0 Å².